The number of rotatable bonds is 11. The Hall–Kier alpha value is -0.160. The van der Waals surface area contributed by atoms with Crippen LogP contribution in [0.5, 0.6) is 0 Å². The predicted octanol–water partition coefficient (Wildman–Crippen LogP) is 2.69. The van der Waals surface area contributed by atoms with E-state index in [0.717, 1.165) is 32.5 Å². The molecule has 2 atom stereocenters. The molecule has 4 nitrogen and oxygen atoms in total. The van der Waals surface area contributed by atoms with Crippen LogP contribution in [0.15, 0.2) is 0 Å². The highest BCUT2D eigenvalue weighted by Crippen LogP contribution is 2.24. The summed E-state index contributed by atoms with van der Waals surface area (Å²) in [6.45, 7) is 14.7. The van der Waals surface area contributed by atoms with Gasteiger partial charge in [0.15, 0.2) is 0 Å². The van der Waals surface area contributed by atoms with Crippen LogP contribution in [0.25, 0.3) is 0 Å². The molecular formula is C16H36N2O2. The van der Waals surface area contributed by atoms with Crippen LogP contribution in [0.3, 0.4) is 0 Å². The first-order chi connectivity index (χ1) is 9.04. The van der Waals surface area contributed by atoms with Crippen molar-refractivity contribution in [1.29, 1.82) is 0 Å². The lowest BCUT2D eigenvalue weighted by Crippen LogP contribution is -2.31. The first-order valence-corrected chi connectivity index (χ1v) is 7.77. The molecule has 4 heteroatoms. The van der Waals surface area contributed by atoms with Crippen LogP contribution < -0.4 is 11.5 Å². The van der Waals surface area contributed by atoms with Crippen LogP contribution in [0.1, 0.15) is 60.8 Å². The van der Waals surface area contributed by atoms with E-state index in [4.69, 9.17) is 20.9 Å². The molecule has 0 aliphatic rings. The average molecular weight is 288 g/mol. The van der Waals surface area contributed by atoms with E-state index in [-0.39, 0.29) is 23.1 Å². The van der Waals surface area contributed by atoms with E-state index in [1.807, 2.05) is 13.8 Å². The van der Waals surface area contributed by atoms with Crippen molar-refractivity contribution in [2.24, 2.45) is 16.9 Å². The van der Waals surface area contributed by atoms with Gasteiger partial charge in [0.2, 0.25) is 0 Å². The molecule has 0 fully saturated rings. The summed E-state index contributed by atoms with van der Waals surface area (Å²) in [7, 11) is 0. The van der Waals surface area contributed by atoms with Crippen molar-refractivity contribution >= 4 is 0 Å². The summed E-state index contributed by atoms with van der Waals surface area (Å²) in [4.78, 5) is 0. The summed E-state index contributed by atoms with van der Waals surface area (Å²) in [6.07, 6.45) is 2.97. The Morgan fingerprint density at radius 1 is 0.950 bits per heavy atom. The van der Waals surface area contributed by atoms with Gasteiger partial charge in [0, 0.05) is 18.7 Å². The van der Waals surface area contributed by atoms with E-state index in [2.05, 4.69) is 27.7 Å². The van der Waals surface area contributed by atoms with Crippen LogP contribution in [0, 0.1) is 5.41 Å². The highest BCUT2D eigenvalue weighted by Gasteiger charge is 2.22. The number of nitrogens with two attached hydrogens (primary N) is 2. The SMILES string of the molecule is CC(N)CCC(C)(C)OCCC(C)(C)COCC(C)N. The summed E-state index contributed by atoms with van der Waals surface area (Å²) in [6, 6.07) is 0.334. The van der Waals surface area contributed by atoms with Crippen molar-refractivity contribution < 1.29 is 9.47 Å². The number of hydrogen-bond acceptors (Lipinski definition) is 4. The molecule has 0 spiro atoms. The summed E-state index contributed by atoms with van der Waals surface area (Å²) >= 11 is 0. The molecule has 20 heavy (non-hydrogen) atoms. The van der Waals surface area contributed by atoms with Crippen LogP contribution in [0.4, 0.5) is 0 Å². The standard InChI is InChI=1S/C16H36N2O2/c1-13(17)7-8-16(5,6)20-10-9-15(3,4)12-19-11-14(2)18/h13-14H,7-12,17-18H2,1-6H3. The van der Waals surface area contributed by atoms with E-state index >= 15 is 0 Å². The largest absolute Gasteiger partial charge is 0.379 e. The second-order valence-corrected chi connectivity index (χ2v) is 7.53. The van der Waals surface area contributed by atoms with Gasteiger partial charge in [-0.1, -0.05) is 13.8 Å². The highest BCUT2D eigenvalue weighted by atomic mass is 16.5. The molecule has 2 unspecified atom stereocenters. The molecule has 0 bridgehead atoms. The Morgan fingerprint density at radius 3 is 2.05 bits per heavy atom. The van der Waals surface area contributed by atoms with Gasteiger partial charge in [0.25, 0.3) is 0 Å². The minimum atomic E-state index is -0.101. The lowest BCUT2D eigenvalue weighted by atomic mass is 9.90. The molecule has 0 saturated heterocycles. The normalized spacial score (nSPS) is 16.2. The van der Waals surface area contributed by atoms with Gasteiger partial charge in [-0.15, -0.1) is 0 Å². The van der Waals surface area contributed by atoms with E-state index in [9.17, 15) is 0 Å². The van der Waals surface area contributed by atoms with Crippen molar-refractivity contribution in [2.45, 2.75) is 78.5 Å². The molecule has 4 N–H and O–H groups in total. The molecule has 122 valence electrons. The summed E-state index contributed by atoms with van der Waals surface area (Å²) in [5.41, 5.74) is 11.5. The molecule has 0 aromatic heterocycles. The zero-order chi connectivity index (χ0) is 15.8. The van der Waals surface area contributed by atoms with Gasteiger partial charge in [0.1, 0.15) is 0 Å². The second-order valence-electron chi connectivity index (χ2n) is 7.53. The fraction of sp³-hybridized carbons (Fsp3) is 1.00. The third-order valence-electron chi connectivity index (χ3n) is 3.35. The Bertz CT molecular complexity index is 251. The smallest absolute Gasteiger partial charge is 0.0627 e. The number of hydrogen-bond donors (Lipinski definition) is 2. The third kappa shape index (κ3) is 11.6. The quantitative estimate of drug-likeness (QED) is 0.613. The second kappa shape index (κ2) is 8.98. The lowest BCUT2D eigenvalue weighted by molar-refractivity contribution is -0.0453. The maximum Gasteiger partial charge on any atom is 0.0627 e. The maximum absolute atomic E-state index is 6.01. The van der Waals surface area contributed by atoms with Crippen molar-refractivity contribution in [1.82, 2.24) is 0 Å². The zero-order valence-corrected chi connectivity index (χ0v) is 14.4. The van der Waals surface area contributed by atoms with Crippen molar-refractivity contribution in [3.63, 3.8) is 0 Å². The summed E-state index contributed by atoms with van der Waals surface area (Å²) in [5.74, 6) is 0. The van der Waals surface area contributed by atoms with Gasteiger partial charge in [-0.2, -0.15) is 0 Å². The van der Waals surface area contributed by atoms with Gasteiger partial charge in [0.05, 0.1) is 18.8 Å². The predicted molar refractivity (Wildman–Crippen MR) is 85.8 cm³/mol. The molecule has 0 amide bonds. The van der Waals surface area contributed by atoms with Gasteiger partial charge in [-0.05, 0) is 52.4 Å². The molecule has 0 aliphatic heterocycles. The maximum atomic E-state index is 6.01. The van der Waals surface area contributed by atoms with Gasteiger partial charge >= 0.3 is 0 Å². The molecular weight excluding hydrogens is 252 g/mol. The highest BCUT2D eigenvalue weighted by molar-refractivity contribution is 4.73. The van der Waals surface area contributed by atoms with Gasteiger partial charge in [-0.25, -0.2) is 0 Å². The first kappa shape index (κ1) is 19.8. The molecule has 0 saturated carbocycles. The minimum Gasteiger partial charge on any atom is -0.379 e. The fourth-order valence-electron chi connectivity index (χ4n) is 1.84. The van der Waals surface area contributed by atoms with Crippen LogP contribution in [-0.4, -0.2) is 37.5 Å². The molecule has 0 aromatic rings. The Balaban J connectivity index is 3.89. The molecule has 0 aromatic carbocycles. The molecule has 0 rings (SSSR count). The fourth-order valence-corrected chi connectivity index (χ4v) is 1.84. The summed E-state index contributed by atoms with van der Waals surface area (Å²) in [5, 5.41) is 0. The average Bonchev–Trinajstić information content (AvgIpc) is 2.25. The topological polar surface area (TPSA) is 70.5 Å². The zero-order valence-electron chi connectivity index (χ0n) is 14.4. The Morgan fingerprint density at radius 2 is 1.55 bits per heavy atom. The van der Waals surface area contributed by atoms with E-state index in [1.165, 1.54) is 0 Å². The first-order valence-electron chi connectivity index (χ1n) is 7.77. The Kier molecular flexibility index (Phi) is 8.91. The van der Waals surface area contributed by atoms with E-state index < -0.39 is 0 Å². The number of ether oxygens (including phenoxy) is 2. The van der Waals surface area contributed by atoms with E-state index in [1.54, 1.807) is 0 Å². The van der Waals surface area contributed by atoms with Crippen LogP contribution in [0.2, 0.25) is 0 Å². The van der Waals surface area contributed by atoms with Crippen LogP contribution >= 0.6 is 0 Å². The van der Waals surface area contributed by atoms with Crippen molar-refractivity contribution in [2.75, 3.05) is 19.8 Å². The van der Waals surface area contributed by atoms with E-state index in [0.29, 0.717) is 6.61 Å². The lowest BCUT2D eigenvalue weighted by Gasteiger charge is -2.30. The van der Waals surface area contributed by atoms with Crippen molar-refractivity contribution in [3.05, 3.63) is 0 Å². The van der Waals surface area contributed by atoms with Gasteiger partial charge in [-0.3, -0.25) is 0 Å². The van der Waals surface area contributed by atoms with Crippen molar-refractivity contribution in [3.8, 4) is 0 Å². The van der Waals surface area contributed by atoms with Gasteiger partial charge < -0.3 is 20.9 Å². The monoisotopic (exact) mass is 288 g/mol. The minimum absolute atomic E-state index is 0.0965. The summed E-state index contributed by atoms with van der Waals surface area (Å²) < 4.78 is 11.6. The molecule has 0 radical (unpaired) electrons. The Labute approximate surface area is 125 Å². The molecule has 0 heterocycles. The third-order valence-corrected chi connectivity index (χ3v) is 3.35. The molecule has 0 aliphatic carbocycles. The van der Waals surface area contributed by atoms with Crippen LogP contribution in [-0.2, 0) is 9.47 Å².